The summed E-state index contributed by atoms with van der Waals surface area (Å²) in [6.07, 6.45) is 1.72. The average Bonchev–Trinajstić information content (AvgIpc) is 3.07. The quantitative estimate of drug-likeness (QED) is 0.202. The van der Waals surface area contributed by atoms with Gasteiger partial charge in [-0.1, -0.05) is 54.1 Å². The van der Waals surface area contributed by atoms with Gasteiger partial charge in [-0.25, -0.2) is 0 Å². The zero-order valence-corrected chi connectivity index (χ0v) is 22.0. The van der Waals surface area contributed by atoms with E-state index < -0.39 is 0 Å². The van der Waals surface area contributed by atoms with E-state index in [1.807, 2.05) is 55.5 Å². The minimum atomic E-state index is -0.327. The molecule has 1 aliphatic rings. The molecule has 3 aromatic rings. The summed E-state index contributed by atoms with van der Waals surface area (Å²) in [4.78, 5) is 27.1. The summed E-state index contributed by atoms with van der Waals surface area (Å²) in [6, 6.07) is 20.8. The van der Waals surface area contributed by atoms with Crippen LogP contribution in [0.25, 0.3) is 6.08 Å². The molecule has 0 aliphatic carbocycles. The zero-order valence-electron chi connectivity index (χ0n) is 18.3. The molecule has 0 unspecified atom stereocenters. The highest BCUT2D eigenvalue weighted by atomic mass is 127. The zero-order chi connectivity index (χ0) is 24.1. The lowest BCUT2D eigenvalue weighted by Crippen LogP contribution is -2.27. The van der Waals surface area contributed by atoms with E-state index in [1.165, 1.54) is 4.90 Å². The molecule has 2 amide bonds. The largest absolute Gasteiger partial charge is 0.490 e. The van der Waals surface area contributed by atoms with Crippen LogP contribution in [0.15, 0.2) is 71.6 Å². The van der Waals surface area contributed by atoms with Gasteiger partial charge >= 0.3 is 0 Å². The number of thioether (sulfide) groups is 1. The Morgan fingerprint density at radius 2 is 1.76 bits per heavy atom. The van der Waals surface area contributed by atoms with Crippen LogP contribution in [0, 0.1) is 3.57 Å². The minimum absolute atomic E-state index is 0.177. The van der Waals surface area contributed by atoms with Crippen molar-refractivity contribution in [2.24, 2.45) is 0 Å². The summed E-state index contributed by atoms with van der Waals surface area (Å²) < 4.78 is 12.7. The maximum atomic E-state index is 13.0. The minimum Gasteiger partial charge on any atom is -0.490 e. The van der Waals surface area contributed by atoms with E-state index in [2.05, 4.69) is 22.6 Å². The molecule has 1 heterocycles. The van der Waals surface area contributed by atoms with Crippen LogP contribution in [-0.2, 0) is 17.9 Å². The molecule has 1 aliphatic heterocycles. The van der Waals surface area contributed by atoms with Gasteiger partial charge in [-0.3, -0.25) is 14.5 Å². The van der Waals surface area contributed by atoms with E-state index in [4.69, 9.17) is 21.1 Å². The molecule has 3 aromatic carbocycles. The van der Waals surface area contributed by atoms with Crippen LogP contribution >= 0.6 is 46.0 Å². The Morgan fingerprint density at radius 1 is 1.00 bits per heavy atom. The number of nitrogens with zero attached hydrogens (tertiary/aromatic N) is 1. The van der Waals surface area contributed by atoms with E-state index in [-0.39, 0.29) is 17.7 Å². The molecule has 0 spiro atoms. The van der Waals surface area contributed by atoms with Crippen molar-refractivity contribution in [1.29, 1.82) is 0 Å². The molecule has 34 heavy (non-hydrogen) atoms. The first-order valence-corrected chi connectivity index (χ1v) is 12.8. The molecule has 1 saturated heterocycles. The normalized spacial score (nSPS) is 14.7. The Kier molecular flexibility index (Phi) is 8.18. The van der Waals surface area contributed by atoms with Crippen molar-refractivity contribution in [3.8, 4) is 11.5 Å². The first-order valence-electron chi connectivity index (χ1n) is 10.6. The van der Waals surface area contributed by atoms with Crippen molar-refractivity contribution in [3.05, 3.63) is 96.9 Å². The van der Waals surface area contributed by atoms with Gasteiger partial charge in [0.25, 0.3) is 11.1 Å². The SMILES string of the molecule is CCOc1cc(/C=C2\SC(=O)N(Cc3cccc(Cl)c3)C2=O)cc(I)c1OCc1ccccc1. The molecule has 5 nitrogen and oxygen atoms in total. The standard InChI is InChI=1S/C26H21ClINO4S/c1-2-32-22-13-19(12-21(28)24(22)33-16-17-7-4-3-5-8-17)14-23-25(30)29(26(31)34-23)15-18-9-6-10-20(27)11-18/h3-14H,2,15-16H2,1H3/b23-14-. The number of hydrogen-bond donors (Lipinski definition) is 0. The second-order valence-electron chi connectivity index (χ2n) is 7.44. The lowest BCUT2D eigenvalue weighted by atomic mass is 10.1. The van der Waals surface area contributed by atoms with Crippen LogP contribution in [0.4, 0.5) is 4.79 Å². The van der Waals surface area contributed by atoms with Crippen molar-refractivity contribution in [1.82, 2.24) is 4.90 Å². The topological polar surface area (TPSA) is 55.8 Å². The van der Waals surface area contributed by atoms with Crippen LogP contribution in [0.2, 0.25) is 5.02 Å². The fourth-order valence-electron chi connectivity index (χ4n) is 3.41. The van der Waals surface area contributed by atoms with E-state index >= 15 is 0 Å². The van der Waals surface area contributed by atoms with Gasteiger partial charge < -0.3 is 9.47 Å². The molecule has 0 radical (unpaired) electrons. The number of carbonyl (C=O) groups is 2. The molecule has 0 aromatic heterocycles. The number of ether oxygens (including phenoxy) is 2. The second kappa shape index (κ2) is 11.3. The summed E-state index contributed by atoms with van der Waals surface area (Å²) in [6.45, 7) is 2.97. The van der Waals surface area contributed by atoms with Crippen LogP contribution < -0.4 is 9.47 Å². The molecule has 0 N–H and O–H groups in total. The third kappa shape index (κ3) is 5.95. The highest BCUT2D eigenvalue weighted by Crippen LogP contribution is 2.38. The monoisotopic (exact) mass is 605 g/mol. The molecular formula is C26H21ClINO4S. The Labute approximate surface area is 221 Å². The molecule has 1 fully saturated rings. The first kappa shape index (κ1) is 24.6. The molecule has 0 bridgehead atoms. The Balaban J connectivity index is 1.55. The van der Waals surface area contributed by atoms with Crippen LogP contribution in [0.1, 0.15) is 23.6 Å². The third-order valence-corrected chi connectivity index (χ3v) is 6.90. The number of benzene rings is 3. The number of rotatable bonds is 8. The number of hydrogen-bond acceptors (Lipinski definition) is 5. The lowest BCUT2D eigenvalue weighted by molar-refractivity contribution is -0.123. The molecule has 174 valence electrons. The van der Waals surface area contributed by atoms with E-state index in [0.717, 1.165) is 32.0 Å². The first-order chi connectivity index (χ1) is 16.4. The van der Waals surface area contributed by atoms with Gasteiger partial charge in [-0.2, -0.15) is 0 Å². The van der Waals surface area contributed by atoms with E-state index in [0.29, 0.717) is 34.6 Å². The van der Waals surface area contributed by atoms with Crippen molar-refractivity contribution >= 4 is 63.2 Å². The van der Waals surface area contributed by atoms with Crippen molar-refractivity contribution in [3.63, 3.8) is 0 Å². The molecule has 0 saturated carbocycles. The maximum absolute atomic E-state index is 13.0. The van der Waals surface area contributed by atoms with E-state index in [1.54, 1.807) is 24.3 Å². The number of imide groups is 1. The van der Waals surface area contributed by atoms with Gasteiger partial charge in [0.1, 0.15) is 6.61 Å². The highest BCUT2D eigenvalue weighted by molar-refractivity contribution is 14.1. The van der Waals surface area contributed by atoms with Gasteiger partial charge in [-0.15, -0.1) is 0 Å². The summed E-state index contributed by atoms with van der Waals surface area (Å²) in [5.74, 6) is 0.916. The molecule has 8 heteroatoms. The number of amides is 2. The van der Waals surface area contributed by atoms with Crippen LogP contribution in [-0.4, -0.2) is 22.7 Å². The fourth-order valence-corrected chi connectivity index (χ4v) is 5.24. The van der Waals surface area contributed by atoms with Crippen molar-refractivity contribution in [2.45, 2.75) is 20.1 Å². The average molecular weight is 606 g/mol. The smallest absolute Gasteiger partial charge is 0.293 e. The van der Waals surface area contributed by atoms with E-state index in [9.17, 15) is 9.59 Å². The van der Waals surface area contributed by atoms with Crippen molar-refractivity contribution in [2.75, 3.05) is 6.61 Å². The van der Waals surface area contributed by atoms with Crippen LogP contribution in [0.3, 0.4) is 0 Å². The van der Waals surface area contributed by atoms with Gasteiger partial charge in [0.2, 0.25) is 0 Å². The second-order valence-corrected chi connectivity index (χ2v) is 10.0. The molecular weight excluding hydrogens is 585 g/mol. The van der Waals surface area contributed by atoms with Crippen LogP contribution in [0.5, 0.6) is 11.5 Å². The maximum Gasteiger partial charge on any atom is 0.293 e. The molecule has 0 atom stereocenters. The Morgan fingerprint density at radius 3 is 2.50 bits per heavy atom. The van der Waals surface area contributed by atoms with Crippen molar-refractivity contribution < 1.29 is 19.1 Å². The third-order valence-electron chi connectivity index (χ3n) is 4.96. The lowest BCUT2D eigenvalue weighted by Gasteiger charge is -2.15. The van der Waals surface area contributed by atoms with Gasteiger partial charge in [-0.05, 0) is 88.3 Å². The Bertz CT molecular complexity index is 1250. The predicted molar refractivity (Wildman–Crippen MR) is 144 cm³/mol. The summed E-state index contributed by atoms with van der Waals surface area (Å²) in [5, 5.41) is 0.256. The summed E-state index contributed by atoms with van der Waals surface area (Å²) >= 11 is 9.16. The predicted octanol–water partition coefficient (Wildman–Crippen LogP) is 7.16. The molecule has 4 rings (SSSR count). The Hall–Kier alpha value is -2.49. The summed E-state index contributed by atoms with van der Waals surface area (Å²) in [7, 11) is 0. The van der Waals surface area contributed by atoms with Gasteiger partial charge in [0.05, 0.1) is 21.6 Å². The van der Waals surface area contributed by atoms with Gasteiger partial charge in [0, 0.05) is 5.02 Å². The fraction of sp³-hybridized carbons (Fsp3) is 0.154. The van der Waals surface area contributed by atoms with Gasteiger partial charge in [0.15, 0.2) is 11.5 Å². The highest BCUT2D eigenvalue weighted by Gasteiger charge is 2.35. The summed E-state index contributed by atoms with van der Waals surface area (Å²) in [5.41, 5.74) is 2.61. The number of carbonyl (C=O) groups excluding carboxylic acids is 2. The number of halogens is 2.